The minimum atomic E-state index is 0.244. The Kier molecular flexibility index (Phi) is 4.46. The lowest BCUT2D eigenvalue weighted by Gasteiger charge is -2.36. The van der Waals surface area contributed by atoms with E-state index in [1.165, 1.54) is 37.7 Å². The van der Waals surface area contributed by atoms with Crippen LogP contribution in [0, 0.1) is 11.8 Å². The maximum absolute atomic E-state index is 12.6. The summed E-state index contributed by atoms with van der Waals surface area (Å²) >= 11 is 1.90. The first-order valence-corrected chi connectivity index (χ1v) is 10.2. The molecule has 2 aliphatic carbocycles. The molecule has 0 spiro atoms. The second kappa shape index (κ2) is 6.56. The van der Waals surface area contributed by atoms with Gasteiger partial charge < -0.3 is 5.32 Å². The highest BCUT2D eigenvalue weighted by atomic mass is 32.1. The zero-order valence-electron chi connectivity index (χ0n) is 14.1. The van der Waals surface area contributed by atoms with Crippen LogP contribution in [-0.2, 0) is 11.2 Å². The molecule has 2 saturated carbocycles. The molecule has 4 rings (SSSR count). The first-order valence-electron chi connectivity index (χ1n) is 9.32. The van der Waals surface area contributed by atoms with Crippen LogP contribution in [0.15, 0.2) is 11.4 Å². The number of carbonyl (C=O) groups excluding carboxylic acids is 1. The maximum atomic E-state index is 12.6. The van der Waals surface area contributed by atoms with Gasteiger partial charge in [-0.3, -0.25) is 9.69 Å². The van der Waals surface area contributed by atoms with Gasteiger partial charge in [-0.2, -0.15) is 0 Å². The smallest absolute Gasteiger partial charge is 0.234 e. The van der Waals surface area contributed by atoms with Crippen LogP contribution >= 0.6 is 11.3 Å². The van der Waals surface area contributed by atoms with Gasteiger partial charge in [0, 0.05) is 23.5 Å². The molecule has 0 unspecified atom stereocenters. The van der Waals surface area contributed by atoms with E-state index < -0.39 is 0 Å². The molecule has 0 saturated heterocycles. The lowest BCUT2D eigenvalue weighted by atomic mass is 9.86. The molecule has 3 nitrogen and oxygen atoms in total. The molecule has 1 N–H and O–H groups in total. The molecule has 23 heavy (non-hydrogen) atoms. The highest BCUT2D eigenvalue weighted by Gasteiger charge is 2.40. The highest BCUT2D eigenvalue weighted by Crippen LogP contribution is 2.48. The molecule has 1 aromatic heterocycles. The summed E-state index contributed by atoms with van der Waals surface area (Å²) in [6.45, 7) is 3.91. The average molecular weight is 333 g/mol. The fourth-order valence-electron chi connectivity index (χ4n) is 4.51. The van der Waals surface area contributed by atoms with Gasteiger partial charge in [-0.1, -0.05) is 19.8 Å². The van der Waals surface area contributed by atoms with Crippen molar-refractivity contribution < 1.29 is 4.79 Å². The van der Waals surface area contributed by atoms with Crippen LogP contribution in [0.4, 0.5) is 0 Å². The number of nitrogens with one attached hydrogen (secondary N) is 1. The van der Waals surface area contributed by atoms with Crippen molar-refractivity contribution in [2.45, 2.75) is 64.0 Å². The van der Waals surface area contributed by atoms with Crippen LogP contribution in [0.3, 0.4) is 0 Å². The summed E-state index contributed by atoms with van der Waals surface area (Å²) in [6.07, 6.45) is 8.79. The Bertz CT molecular complexity index is 565. The van der Waals surface area contributed by atoms with Gasteiger partial charge in [-0.05, 0) is 60.9 Å². The van der Waals surface area contributed by atoms with Crippen LogP contribution in [0.1, 0.15) is 61.9 Å². The predicted molar refractivity (Wildman–Crippen MR) is 94.6 cm³/mol. The summed E-state index contributed by atoms with van der Waals surface area (Å²) in [4.78, 5) is 16.6. The van der Waals surface area contributed by atoms with Crippen LogP contribution < -0.4 is 5.32 Å². The van der Waals surface area contributed by atoms with E-state index in [1.54, 1.807) is 4.88 Å². The first-order chi connectivity index (χ1) is 11.2. The van der Waals surface area contributed by atoms with Crippen molar-refractivity contribution >= 4 is 17.2 Å². The van der Waals surface area contributed by atoms with E-state index in [0.717, 1.165) is 25.3 Å². The summed E-state index contributed by atoms with van der Waals surface area (Å²) in [6, 6.07) is 3.20. The topological polar surface area (TPSA) is 32.3 Å². The number of thiophene rings is 1. The van der Waals surface area contributed by atoms with E-state index in [9.17, 15) is 4.79 Å². The normalized spacial score (nSPS) is 31.6. The van der Waals surface area contributed by atoms with Gasteiger partial charge >= 0.3 is 0 Å². The molecular weight excluding hydrogens is 304 g/mol. The van der Waals surface area contributed by atoms with Gasteiger partial charge in [-0.25, -0.2) is 0 Å². The van der Waals surface area contributed by atoms with Crippen molar-refractivity contribution in [2.24, 2.45) is 11.8 Å². The molecule has 1 aliphatic heterocycles. The van der Waals surface area contributed by atoms with Crippen LogP contribution in [0.25, 0.3) is 0 Å². The number of hydrogen-bond donors (Lipinski definition) is 1. The third kappa shape index (κ3) is 3.34. The quantitative estimate of drug-likeness (QED) is 0.911. The van der Waals surface area contributed by atoms with Crippen molar-refractivity contribution in [3.63, 3.8) is 0 Å². The molecule has 126 valence electrons. The second-order valence-electron chi connectivity index (χ2n) is 7.74. The summed E-state index contributed by atoms with van der Waals surface area (Å²) < 4.78 is 0. The number of carbonyl (C=O) groups is 1. The maximum Gasteiger partial charge on any atom is 0.234 e. The molecule has 0 aromatic carbocycles. The Balaban J connectivity index is 1.40. The molecular formula is C19H28N2OS. The molecule has 1 amide bonds. The Morgan fingerprint density at radius 2 is 2.13 bits per heavy atom. The van der Waals surface area contributed by atoms with Crippen molar-refractivity contribution in [2.75, 3.05) is 13.1 Å². The lowest BCUT2D eigenvalue weighted by molar-refractivity contribution is -0.124. The Hall–Kier alpha value is -0.870. The van der Waals surface area contributed by atoms with Crippen molar-refractivity contribution in [3.05, 3.63) is 21.9 Å². The minimum Gasteiger partial charge on any atom is -0.352 e. The number of amides is 1. The van der Waals surface area contributed by atoms with E-state index in [-0.39, 0.29) is 5.91 Å². The fraction of sp³-hybridized carbons (Fsp3) is 0.737. The number of rotatable bonds is 4. The molecule has 4 heteroatoms. The first kappa shape index (κ1) is 15.6. The number of hydrogen-bond acceptors (Lipinski definition) is 3. The van der Waals surface area contributed by atoms with Crippen molar-refractivity contribution in [1.82, 2.24) is 10.2 Å². The van der Waals surface area contributed by atoms with E-state index in [2.05, 4.69) is 28.6 Å². The highest BCUT2D eigenvalue weighted by molar-refractivity contribution is 7.10. The molecule has 2 fully saturated rings. The van der Waals surface area contributed by atoms with E-state index in [0.29, 0.717) is 24.5 Å². The Labute approximate surface area is 143 Å². The van der Waals surface area contributed by atoms with Gasteiger partial charge in [0.25, 0.3) is 0 Å². The van der Waals surface area contributed by atoms with Gasteiger partial charge in [-0.15, -0.1) is 11.3 Å². The van der Waals surface area contributed by atoms with Gasteiger partial charge in [0.1, 0.15) is 0 Å². The standard InChI is InChI=1S/C19H28N2OS/c1-13-4-2-3-5-16(13)20-18(22)12-21-10-8-17-15(9-11-23-17)19(21)14-6-7-14/h9,11,13-14,16,19H,2-8,10,12H2,1H3,(H,20,22)/t13-,16+,19+/m1/s1. The minimum absolute atomic E-state index is 0.244. The molecule has 0 bridgehead atoms. The second-order valence-corrected chi connectivity index (χ2v) is 8.74. The largest absolute Gasteiger partial charge is 0.352 e. The van der Waals surface area contributed by atoms with Crippen molar-refractivity contribution in [1.29, 1.82) is 0 Å². The monoisotopic (exact) mass is 332 g/mol. The predicted octanol–water partition coefficient (Wildman–Crippen LogP) is 3.75. The molecule has 1 aromatic rings. The van der Waals surface area contributed by atoms with Gasteiger partial charge in [0.05, 0.1) is 6.54 Å². The Morgan fingerprint density at radius 3 is 2.91 bits per heavy atom. The Morgan fingerprint density at radius 1 is 1.30 bits per heavy atom. The van der Waals surface area contributed by atoms with Crippen molar-refractivity contribution in [3.8, 4) is 0 Å². The molecule has 3 aliphatic rings. The van der Waals surface area contributed by atoms with E-state index in [4.69, 9.17) is 0 Å². The summed E-state index contributed by atoms with van der Waals surface area (Å²) in [5.41, 5.74) is 1.52. The summed E-state index contributed by atoms with van der Waals surface area (Å²) in [5, 5.41) is 5.57. The van der Waals surface area contributed by atoms with Crippen LogP contribution in [0.2, 0.25) is 0 Å². The van der Waals surface area contributed by atoms with Crippen LogP contribution in [0.5, 0.6) is 0 Å². The fourth-order valence-corrected chi connectivity index (χ4v) is 5.42. The zero-order chi connectivity index (χ0) is 15.8. The van der Waals surface area contributed by atoms with E-state index >= 15 is 0 Å². The molecule has 3 atom stereocenters. The zero-order valence-corrected chi connectivity index (χ0v) is 14.9. The average Bonchev–Trinajstić information content (AvgIpc) is 3.26. The molecule has 2 heterocycles. The summed E-state index contributed by atoms with van der Waals surface area (Å²) in [7, 11) is 0. The van der Waals surface area contributed by atoms with E-state index in [1.807, 2.05) is 11.3 Å². The van der Waals surface area contributed by atoms with Gasteiger partial charge in [0.2, 0.25) is 5.91 Å². The van der Waals surface area contributed by atoms with Gasteiger partial charge in [0.15, 0.2) is 0 Å². The number of fused-ring (bicyclic) bond motifs is 1. The lowest BCUT2D eigenvalue weighted by Crippen LogP contribution is -2.47. The SMILES string of the molecule is C[C@@H]1CCCC[C@@H]1NC(=O)CN1CCc2sccc2[C@@H]1C1CC1. The van der Waals surface area contributed by atoms with Crippen LogP contribution in [-0.4, -0.2) is 29.9 Å². The third-order valence-corrected chi connectivity index (χ3v) is 6.99. The summed E-state index contributed by atoms with van der Waals surface area (Å²) in [5.74, 6) is 1.66. The molecule has 0 radical (unpaired) electrons. The third-order valence-electron chi connectivity index (χ3n) is 5.99. The number of nitrogens with zero attached hydrogens (tertiary/aromatic N) is 1.